The van der Waals surface area contributed by atoms with Gasteiger partial charge in [0.25, 0.3) is 0 Å². The van der Waals surface area contributed by atoms with E-state index in [-0.39, 0.29) is 16.7 Å². The largest absolute Gasteiger partial charge is 0.475 e. The normalized spacial score (nSPS) is 41.7. The zero-order chi connectivity index (χ0) is 16.8. The van der Waals surface area contributed by atoms with Crippen molar-refractivity contribution in [2.75, 3.05) is 6.54 Å². The lowest BCUT2D eigenvalue weighted by Gasteiger charge is -2.52. The maximum Gasteiger partial charge on any atom is 0.475 e. The second-order valence-corrected chi connectivity index (χ2v) is 8.76. The van der Waals surface area contributed by atoms with Crippen molar-refractivity contribution in [3.05, 3.63) is 0 Å². The summed E-state index contributed by atoms with van der Waals surface area (Å²) in [6.45, 7) is 2.80. The lowest BCUT2D eigenvalue weighted by atomic mass is 9.56. The molecule has 1 amide bonds. The van der Waals surface area contributed by atoms with E-state index in [1.807, 2.05) is 0 Å². The number of rotatable bonds is 3. The molecule has 3 fully saturated rings. The van der Waals surface area contributed by atoms with E-state index in [1.54, 1.807) is 4.90 Å². The van der Waals surface area contributed by atoms with E-state index in [0.717, 1.165) is 32.1 Å². The standard InChI is InChI=1S/C16H28BClN2O3/c1-10-5-11-6-12(18)9-16(7-10,8-11)14(19)15(21)20-4-2-3-13(20)17(22)23/h10-14,22-23H,2-9,19H2,1H3/t10?,11?,12?,13-,14+,16?/m0/s1. The topological polar surface area (TPSA) is 86.8 Å². The Morgan fingerprint density at radius 2 is 2.09 bits per heavy atom. The first-order chi connectivity index (χ1) is 10.8. The molecule has 0 aromatic carbocycles. The first-order valence-electron chi connectivity index (χ1n) is 8.88. The molecule has 0 spiro atoms. The zero-order valence-corrected chi connectivity index (χ0v) is 14.6. The quantitative estimate of drug-likeness (QED) is 0.530. The van der Waals surface area contributed by atoms with E-state index >= 15 is 0 Å². The van der Waals surface area contributed by atoms with Gasteiger partial charge in [-0.1, -0.05) is 6.92 Å². The number of amides is 1. The number of carbonyl (C=O) groups is 1. The Morgan fingerprint density at radius 1 is 1.35 bits per heavy atom. The second-order valence-electron chi connectivity index (χ2n) is 8.15. The van der Waals surface area contributed by atoms with Crippen LogP contribution in [-0.2, 0) is 4.79 Å². The van der Waals surface area contributed by atoms with Crippen LogP contribution >= 0.6 is 11.6 Å². The Balaban J connectivity index is 1.80. The van der Waals surface area contributed by atoms with Gasteiger partial charge in [0.2, 0.25) is 5.91 Å². The van der Waals surface area contributed by atoms with Crippen LogP contribution in [0.5, 0.6) is 0 Å². The molecular weight excluding hydrogens is 314 g/mol. The Labute approximate surface area is 143 Å². The van der Waals surface area contributed by atoms with Gasteiger partial charge in [-0.25, -0.2) is 0 Å². The molecule has 130 valence electrons. The summed E-state index contributed by atoms with van der Waals surface area (Å²) < 4.78 is 0. The van der Waals surface area contributed by atoms with Crippen LogP contribution in [0.2, 0.25) is 0 Å². The maximum atomic E-state index is 13.0. The number of nitrogens with two attached hydrogens (primary N) is 1. The summed E-state index contributed by atoms with van der Waals surface area (Å²) in [4.78, 5) is 14.6. The molecule has 1 aliphatic heterocycles. The minimum absolute atomic E-state index is 0.0953. The van der Waals surface area contributed by atoms with Crippen molar-refractivity contribution < 1.29 is 14.8 Å². The summed E-state index contributed by atoms with van der Waals surface area (Å²) in [5.41, 5.74) is 6.26. The molecule has 7 heteroatoms. The molecule has 4 unspecified atom stereocenters. The number of nitrogens with zero attached hydrogens (tertiary/aromatic N) is 1. The van der Waals surface area contributed by atoms with Gasteiger partial charge < -0.3 is 20.7 Å². The van der Waals surface area contributed by atoms with E-state index in [1.165, 1.54) is 6.42 Å². The lowest BCUT2D eigenvalue weighted by molar-refractivity contribution is -0.138. The molecule has 6 atom stereocenters. The first kappa shape index (κ1) is 17.5. The molecule has 5 nitrogen and oxygen atoms in total. The molecule has 4 N–H and O–H groups in total. The SMILES string of the molecule is CC1CC2CC(Cl)CC([C@H](N)C(=O)N3CCC[C@H]3B(O)O)(C1)C2. The fourth-order valence-corrected chi connectivity index (χ4v) is 6.08. The van der Waals surface area contributed by atoms with Gasteiger partial charge in [-0.05, 0) is 62.2 Å². The molecule has 1 saturated heterocycles. The number of hydrogen-bond acceptors (Lipinski definition) is 4. The van der Waals surface area contributed by atoms with E-state index in [2.05, 4.69) is 6.92 Å². The summed E-state index contributed by atoms with van der Waals surface area (Å²) in [5, 5.41) is 19.1. The van der Waals surface area contributed by atoms with Crippen molar-refractivity contribution in [2.45, 2.75) is 69.2 Å². The van der Waals surface area contributed by atoms with Gasteiger partial charge in [0, 0.05) is 11.9 Å². The van der Waals surface area contributed by atoms with Crippen molar-refractivity contribution >= 4 is 24.6 Å². The molecular formula is C16H28BClN2O3. The molecule has 0 aromatic heterocycles. The minimum Gasteiger partial charge on any atom is -0.426 e. The number of halogens is 1. The number of likely N-dealkylation sites (tertiary alicyclic amines) is 1. The van der Waals surface area contributed by atoms with Crippen molar-refractivity contribution in [2.24, 2.45) is 23.0 Å². The maximum absolute atomic E-state index is 13.0. The highest BCUT2D eigenvalue weighted by Crippen LogP contribution is 2.53. The Kier molecular flexibility index (Phi) is 4.99. The molecule has 0 radical (unpaired) electrons. The van der Waals surface area contributed by atoms with Crippen molar-refractivity contribution in [1.29, 1.82) is 0 Å². The highest BCUT2D eigenvalue weighted by molar-refractivity contribution is 6.43. The van der Waals surface area contributed by atoms with Gasteiger partial charge in [0.15, 0.2) is 0 Å². The van der Waals surface area contributed by atoms with Gasteiger partial charge in [0.05, 0.1) is 12.0 Å². The molecule has 0 aromatic rings. The van der Waals surface area contributed by atoms with E-state index in [4.69, 9.17) is 17.3 Å². The van der Waals surface area contributed by atoms with Crippen molar-refractivity contribution in [3.63, 3.8) is 0 Å². The monoisotopic (exact) mass is 342 g/mol. The van der Waals surface area contributed by atoms with Crippen LogP contribution < -0.4 is 5.73 Å². The van der Waals surface area contributed by atoms with Crippen molar-refractivity contribution in [3.8, 4) is 0 Å². The van der Waals surface area contributed by atoms with Crippen LogP contribution in [0, 0.1) is 17.3 Å². The third-order valence-corrected chi connectivity index (χ3v) is 6.59. The van der Waals surface area contributed by atoms with Crippen LogP contribution in [0.3, 0.4) is 0 Å². The second kappa shape index (κ2) is 6.55. The summed E-state index contributed by atoms with van der Waals surface area (Å²) in [6.07, 6.45) is 6.34. The van der Waals surface area contributed by atoms with Gasteiger partial charge >= 0.3 is 7.12 Å². The van der Waals surface area contributed by atoms with Crippen LogP contribution in [0.4, 0.5) is 0 Å². The number of hydrogen-bond donors (Lipinski definition) is 3. The Bertz CT molecular complexity index is 445. The highest BCUT2D eigenvalue weighted by atomic mass is 35.5. The average Bonchev–Trinajstić information content (AvgIpc) is 2.93. The van der Waals surface area contributed by atoms with Gasteiger partial charge in [-0.2, -0.15) is 0 Å². The predicted octanol–water partition coefficient (Wildman–Crippen LogP) is 1.14. The molecule has 2 bridgehead atoms. The average molecular weight is 343 g/mol. The summed E-state index contributed by atoms with van der Waals surface area (Å²) in [5.74, 6) is 0.484. The fourth-order valence-electron chi connectivity index (χ4n) is 5.52. The number of carbonyl (C=O) groups excluding carboxylic acids is 1. The third-order valence-electron chi connectivity index (χ3n) is 6.26. The third kappa shape index (κ3) is 3.28. The zero-order valence-electron chi connectivity index (χ0n) is 13.8. The predicted molar refractivity (Wildman–Crippen MR) is 90.7 cm³/mol. The molecule has 3 aliphatic rings. The fraction of sp³-hybridized carbons (Fsp3) is 0.938. The Morgan fingerprint density at radius 3 is 2.78 bits per heavy atom. The first-order valence-corrected chi connectivity index (χ1v) is 9.32. The van der Waals surface area contributed by atoms with Gasteiger partial charge in [-0.3, -0.25) is 4.79 Å². The van der Waals surface area contributed by atoms with Crippen molar-refractivity contribution in [1.82, 2.24) is 4.90 Å². The van der Waals surface area contributed by atoms with E-state index in [0.29, 0.717) is 24.8 Å². The van der Waals surface area contributed by atoms with Crippen LogP contribution in [0.1, 0.15) is 51.9 Å². The minimum atomic E-state index is -1.49. The smallest absolute Gasteiger partial charge is 0.426 e. The summed E-state index contributed by atoms with van der Waals surface area (Å²) in [7, 11) is -1.49. The van der Waals surface area contributed by atoms with Crippen LogP contribution in [-0.4, -0.2) is 51.9 Å². The highest BCUT2D eigenvalue weighted by Gasteiger charge is 2.52. The summed E-state index contributed by atoms with van der Waals surface area (Å²) in [6, 6.07) is -0.589. The molecule has 3 rings (SSSR count). The summed E-state index contributed by atoms with van der Waals surface area (Å²) >= 11 is 6.48. The van der Waals surface area contributed by atoms with Crippen LogP contribution in [0.25, 0.3) is 0 Å². The van der Waals surface area contributed by atoms with Crippen LogP contribution in [0.15, 0.2) is 0 Å². The number of fused-ring (bicyclic) bond motifs is 2. The van der Waals surface area contributed by atoms with E-state index < -0.39 is 19.1 Å². The van der Waals surface area contributed by atoms with Gasteiger partial charge in [-0.15, -0.1) is 11.6 Å². The van der Waals surface area contributed by atoms with Gasteiger partial charge in [0.1, 0.15) is 0 Å². The molecule has 2 saturated carbocycles. The van der Waals surface area contributed by atoms with E-state index in [9.17, 15) is 14.8 Å². The lowest BCUT2D eigenvalue weighted by Crippen LogP contribution is -2.60. The molecule has 2 aliphatic carbocycles. The molecule has 23 heavy (non-hydrogen) atoms. The Hall–Kier alpha value is -0.295. The molecule has 1 heterocycles. The number of alkyl halides is 1.